The average molecular weight is 378 g/mol. The first-order chi connectivity index (χ1) is 12.3. The second kappa shape index (κ2) is 6.86. The maximum Gasteiger partial charge on any atom is 0.435 e. The van der Waals surface area contributed by atoms with Crippen LogP contribution in [0.3, 0.4) is 0 Å². The van der Waals surface area contributed by atoms with Gasteiger partial charge in [-0.05, 0) is 47.6 Å². The highest BCUT2D eigenvalue weighted by molar-refractivity contribution is 6.01. The summed E-state index contributed by atoms with van der Waals surface area (Å²) < 4.78 is 11.4. The maximum atomic E-state index is 12.4. The van der Waals surface area contributed by atoms with Gasteiger partial charge in [0.25, 0.3) is 5.69 Å². The molecule has 0 aliphatic heterocycles. The topological polar surface area (TPSA) is 126 Å². The third kappa shape index (κ3) is 5.16. The summed E-state index contributed by atoms with van der Waals surface area (Å²) >= 11 is 0. The number of carbonyl (C=O) groups is 2. The van der Waals surface area contributed by atoms with Crippen LogP contribution in [0.2, 0.25) is 0 Å². The van der Waals surface area contributed by atoms with Crippen LogP contribution in [0.25, 0.3) is 10.9 Å². The SMILES string of the molecule is CC(C)(C)OC(=O)Nc1nn(C(=O)OC(C)(C)C)c2ccc([N+](=O)[O-])cc12. The third-order valence-corrected chi connectivity index (χ3v) is 3.06. The molecule has 1 aromatic heterocycles. The van der Waals surface area contributed by atoms with Crippen LogP contribution in [-0.4, -0.2) is 38.1 Å². The van der Waals surface area contributed by atoms with Crippen LogP contribution in [0.15, 0.2) is 18.2 Å². The normalized spacial score (nSPS) is 11.9. The van der Waals surface area contributed by atoms with E-state index in [4.69, 9.17) is 9.47 Å². The number of nitrogens with zero attached hydrogens (tertiary/aromatic N) is 3. The largest absolute Gasteiger partial charge is 0.444 e. The fourth-order valence-electron chi connectivity index (χ4n) is 2.16. The van der Waals surface area contributed by atoms with Gasteiger partial charge < -0.3 is 9.47 Å². The third-order valence-electron chi connectivity index (χ3n) is 3.06. The van der Waals surface area contributed by atoms with E-state index in [0.717, 1.165) is 4.68 Å². The average Bonchev–Trinajstić information content (AvgIpc) is 2.81. The molecule has 2 aromatic rings. The summed E-state index contributed by atoms with van der Waals surface area (Å²) in [5.74, 6) is -0.0474. The van der Waals surface area contributed by atoms with E-state index in [1.165, 1.54) is 18.2 Å². The van der Waals surface area contributed by atoms with Crippen molar-refractivity contribution in [1.82, 2.24) is 9.78 Å². The number of aromatic nitrogens is 2. The van der Waals surface area contributed by atoms with E-state index in [1.807, 2.05) is 0 Å². The van der Waals surface area contributed by atoms with Gasteiger partial charge >= 0.3 is 12.2 Å². The Morgan fingerprint density at radius 2 is 1.70 bits per heavy atom. The fourth-order valence-corrected chi connectivity index (χ4v) is 2.16. The zero-order valence-corrected chi connectivity index (χ0v) is 16.0. The van der Waals surface area contributed by atoms with E-state index in [0.29, 0.717) is 0 Å². The number of anilines is 1. The molecular weight excluding hydrogens is 356 g/mol. The molecule has 0 saturated carbocycles. The van der Waals surface area contributed by atoms with Crippen LogP contribution >= 0.6 is 0 Å². The van der Waals surface area contributed by atoms with Gasteiger partial charge in [-0.3, -0.25) is 15.4 Å². The van der Waals surface area contributed by atoms with Gasteiger partial charge in [0.15, 0.2) is 5.82 Å². The molecule has 1 heterocycles. The van der Waals surface area contributed by atoms with Gasteiger partial charge in [-0.2, -0.15) is 4.68 Å². The Balaban J connectivity index is 2.51. The van der Waals surface area contributed by atoms with E-state index in [2.05, 4.69) is 10.4 Å². The van der Waals surface area contributed by atoms with Gasteiger partial charge in [-0.15, -0.1) is 5.10 Å². The van der Waals surface area contributed by atoms with Gasteiger partial charge in [0.05, 0.1) is 15.8 Å². The monoisotopic (exact) mass is 378 g/mol. The molecule has 0 aliphatic rings. The minimum Gasteiger partial charge on any atom is -0.444 e. The lowest BCUT2D eigenvalue weighted by Gasteiger charge is -2.19. The van der Waals surface area contributed by atoms with Crippen molar-refractivity contribution in [2.24, 2.45) is 0 Å². The van der Waals surface area contributed by atoms with Crippen molar-refractivity contribution < 1.29 is 24.0 Å². The highest BCUT2D eigenvalue weighted by Gasteiger charge is 2.25. The van der Waals surface area contributed by atoms with Crippen LogP contribution < -0.4 is 5.32 Å². The fraction of sp³-hybridized carbons (Fsp3) is 0.471. The van der Waals surface area contributed by atoms with Crippen molar-refractivity contribution >= 4 is 34.6 Å². The summed E-state index contributed by atoms with van der Waals surface area (Å²) in [4.78, 5) is 35.0. The summed E-state index contributed by atoms with van der Waals surface area (Å²) in [5.41, 5.74) is -1.48. The number of nitrogens with one attached hydrogen (secondary N) is 1. The minimum absolute atomic E-state index is 0.0474. The minimum atomic E-state index is -0.801. The Bertz CT molecular complexity index is 905. The van der Waals surface area contributed by atoms with Crippen LogP contribution in [0.5, 0.6) is 0 Å². The maximum absolute atomic E-state index is 12.4. The molecule has 0 fully saturated rings. The number of amides is 1. The smallest absolute Gasteiger partial charge is 0.435 e. The molecule has 0 aliphatic carbocycles. The Hall–Kier alpha value is -3.17. The number of nitro benzene ring substituents is 1. The van der Waals surface area contributed by atoms with E-state index in [-0.39, 0.29) is 22.4 Å². The Kier molecular flexibility index (Phi) is 5.12. The van der Waals surface area contributed by atoms with Gasteiger partial charge in [0, 0.05) is 12.1 Å². The standard InChI is InChI=1S/C17H22N4O6/c1-16(2,3)26-14(22)18-13-11-9-10(21(24)25)7-8-12(11)20(19-13)15(23)27-17(4,5)6/h7-9H,1-6H3,(H,18,19,22). The number of carbonyl (C=O) groups excluding carboxylic acids is 2. The number of ether oxygens (including phenoxy) is 2. The molecule has 2 rings (SSSR count). The number of rotatable bonds is 2. The van der Waals surface area contributed by atoms with Crippen molar-refractivity contribution in [2.45, 2.75) is 52.7 Å². The highest BCUT2D eigenvalue weighted by atomic mass is 16.6. The van der Waals surface area contributed by atoms with Crippen LogP contribution in [0, 0.1) is 10.1 Å². The Morgan fingerprint density at radius 1 is 1.11 bits per heavy atom. The molecular formula is C17H22N4O6. The first-order valence-electron chi connectivity index (χ1n) is 8.17. The molecule has 10 nitrogen and oxygen atoms in total. The summed E-state index contributed by atoms with van der Waals surface area (Å²) in [6.45, 7) is 10.2. The summed E-state index contributed by atoms with van der Waals surface area (Å²) in [7, 11) is 0. The molecule has 1 aromatic carbocycles. The van der Waals surface area contributed by atoms with Crippen LogP contribution in [-0.2, 0) is 9.47 Å². The first-order valence-corrected chi connectivity index (χ1v) is 8.17. The number of fused-ring (bicyclic) bond motifs is 1. The van der Waals surface area contributed by atoms with Gasteiger partial charge in [-0.1, -0.05) is 0 Å². The summed E-state index contributed by atoms with van der Waals surface area (Å²) in [6.07, 6.45) is -1.58. The molecule has 0 spiro atoms. The van der Waals surface area contributed by atoms with Crippen LogP contribution in [0.4, 0.5) is 21.1 Å². The molecule has 1 amide bonds. The number of non-ortho nitro benzene ring substituents is 1. The molecule has 0 radical (unpaired) electrons. The zero-order valence-electron chi connectivity index (χ0n) is 16.0. The molecule has 0 unspecified atom stereocenters. The number of hydrogen-bond donors (Lipinski definition) is 1. The molecule has 0 atom stereocenters. The predicted octanol–water partition coefficient (Wildman–Crippen LogP) is 4.07. The van der Waals surface area contributed by atoms with Crippen molar-refractivity contribution in [3.05, 3.63) is 28.3 Å². The van der Waals surface area contributed by atoms with Crippen molar-refractivity contribution in [3.63, 3.8) is 0 Å². The van der Waals surface area contributed by atoms with E-state index >= 15 is 0 Å². The Morgan fingerprint density at radius 3 is 2.22 bits per heavy atom. The summed E-state index contributed by atoms with van der Waals surface area (Å²) in [5, 5.41) is 17.8. The second-order valence-electron chi connectivity index (χ2n) is 7.83. The highest BCUT2D eigenvalue weighted by Crippen LogP contribution is 2.28. The van der Waals surface area contributed by atoms with Gasteiger partial charge in [0.2, 0.25) is 0 Å². The molecule has 0 saturated heterocycles. The lowest BCUT2D eigenvalue weighted by molar-refractivity contribution is -0.384. The van der Waals surface area contributed by atoms with Gasteiger partial charge in [-0.25, -0.2) is 9.59 Å². The van der Waals surface area contributed by atoms with Crippen molar-refractivity contribution in [3.8, 4) is 0 Å². The van der Waals surface area contributed by atoms with E-state index < -0.39 is 28.3 Å². The summed E-state index contributed by atoms with van der Waals surface area (Å²) in [6, 6.07) is 3.82. The lowest BCUT2D eigenvalue weighted by atomic mass is 10.2. The number of benzene rings is 1. The Labute approximate surface area is 155 Å². The first kappa shape index (κ1) is 20.1. The quantitative estimate of drug-likeness (QED) is 0.616. The lowest BCUT2D eigenvalue weighted by Crippen LogP contribution is -2.28. The van der Waals surface area contributed by atoms with E-state index in [1.54, 1.807) is 41.5 Å². The van der Waals surface area contributed by atoms with Crippen molar-refractivity contribution in [2.75, 3.05) is 5.32 Å². The molecule has 10 heteroatoms. The molecule has 27 heavy (non-hydrogen) atoms. The molecule has 146 valence electrons. The molecule has 1 N–H and O–H groups in total. The zero-order chi connectivity index (χ0) is 20.6. The number of nitro groups is 1. The van der Waals surface area contributed by atoms with Gasteiger partial charge in [0.1, 0.15) is 11.2 Å². The second-order valence-corrected chi connectivity index (χ2v) is 7.83. The van der Waals surface area contributed by atoms with Crippen molar-refractivity contribution in [1.29, 1.82) is 0 Å². The predicted molar refractivity (Wildman–Crippen MR) is 97.9 cm³/mol. The van der Waals surface area contributed by atoms with Crippen LogP contribution in [0.1, 0.15) is 41.5 Å². The molecule has 0 bridgehead atoms. The number of hydrogen-bond acceptors (Lipinski definition) is 7. The van der Waals surface area contributed by atoms with E-state index in [9.17, 15) is 19.7 Å².